The van der Waals surface area contributed by atoms with Crippen molar-refractivity contribution >= 4 is 10.8 Å². The molecule has 1 N–H and O–H groups in total. The molecule has 20 heavy (non-hydrogen) atoms. The third-order valence-corrected chi connectivity index (χ3v) is 3.91. The average molecular weight is 266 g/mol. The molecule has 0 aliphatic carbocycles. The first-order valence-electron chi connectivity index (χ1n) is 6.99. The van der Waals surface area contributed by atoms with Crippen molar-refractivity contribution < 1.29 is 4.74 Å². The molecule has 2 aromatic rings. The standard InChI is InChI=1S/C17H18N2O/c18-10-17(12-20-13-17)11-19-9-8-15-6-3-5-14-4-1-2-7-16(14)15/h1-7,19H,8-9,11-13H2. The lowest BCUT2D eigenvalue weighted by molar-refractivity contribution is -0.0752. The van der Waals surface area contributed by atoms with Crippen LogP contribution in [0.3, 0.4) is 0 Å². The summed E-state index contributed by atoms with van der Waals surface area (Å²) in [4.78, 5) is 0. The number of nitriles is 1. The SMILES string of the molecule is N#CC1(CNCCc2cccc3ccccc23)COC1. The maximum absolute atomic E-state index is 9.12. The number of hydrogen-bond donors (Lipinski definition) is 1. The predicted octanol–water partition coefficient (Wildman–Crippen LogP) is 2.51. The first kappa shape index (κ1) is 13.1. The zero-order valence-corrected chi connectivity index (χ0v) is 11.4. The van der Waals surface area contributed by atoms with Crippen molar-refractivity contribution in [2.45, 2.75) is 6.42 Å². The van der Waals surface area contributed by atoms with Gasteiger partial charge in [-0.2, -0.15) is 5.26 Å². The third-order valence-electron chi connectivity index (χ3n) is 3.91. The number of benzene rings is 2. The van der Waals surface area contributed by atoms with Crippen LogP contribution in [0.1, 0.15) is 5.56 Å². The van der Waals surface area contributed by atoms with E-state index in [0.29, 0.717) is 19.8 Å². The first-order chi connectivity index (χ1) is 9.83. The lowest BCUT2D eigenvalue weighted by Gasteiger charge is -2.35. The highest BCUT2D eigenvalue weighted by Gasteiger charge is 2.38. The Bertz CT molecular complexity index is 635. The summed E-state index contributed by atoms with van der Waals surface area (Å²) in [6, 6.07) is 17.2. The van der Waals surface area contributed by atoms with Crippen molar-refractivity contribution in [1.29, 1.82) is 5.26 Å². The Morgan fingerprint density at radius 1 is 1.15 bits per heavy atom. The summed E-state index contributed by atoms with van der Waals surface area (Å²) in [6.45, 7) is 2.72. The molecule has 0 aromatic heterocycles. The second kappa shape index (κ2) is 5.62. The highest BCUT2D eigenvalue weighted by molar-refractivity contribution is 5.85. The molecule has 0 amide bonds. The van der Waals surface area contributed by atoms with E-state index in [0.717, 1.165) is 13.0 Å². The summed E-state index contributed by atoms with van der Waals surface area (Å²) < 4.78 is 5.14. The van der Waals surface area contributed by atoms with E-state index >= 15 is 0 Å². The van der Waals surface area contributed by atoms with Gasteiger partial charge < -0.3 is 10.1 Å². The van der Waals surface area contributed by atoms with Crippen LogP contribution in [0.25, 0.3) is 10.8 Å². The molecule has 3 heteroatoms. The number of nitrogens with zero attached hydrogens (tertiary/aromatic N) is 1. The van der Waals surface area contributed by atoms with Gasteiger partial charge in [0.15, 0.2) is 0 Å². The van der Waals surface area contributed by atoms with E-state index in [4.69, 9.17) is 10.00 Å². The van der Waals surface area contributed by atoms with Gasteiger partial charge in [0.05, 0.1) is 19.3 Å². The van der Waals surface area contributed by atoms with E-state index in [1.165, 1.54) is 16.3 Å². The van der Waals surface area contributed by atoms with Gasteiger partial charge >= 0.3 is 0 Å². The molecule has 2 aromatic carbocycles. The molecule has 0 atom stereocenters. The molecule has 102 valence electrons. The highest BCUT2D eigenvalue weighted by atomic mass is 16.5. The Kier molecular flexibility index (Phi) is 3.68. The summed E-state index contributed by atoms with van der Waals surface area (Å²) in [5.41, 5.74) is 1.06. The molecule has 0 bridgehead atoms. The highest BCUT2D eigenvalue weighted by Crippen LogP contribution is 2.25. The molecular weight excluding hydrogens is 248 g/mol. The Hall–Kier alpha value is -1.89. The lowest BCUT2D eigenvalue weighted by Crippen LogP contribution is -2.48. The van der Waals surface area contributed by atoms with Gasteiger partial charge in [0.2, 0.25) is 0 Å². The smallest absolute Gasteiger partial charge is 0.116 e. The van der Waals surface area contributed by atoms with Crippen molar-refractivity contribution in [2.75, 3.05) is 26.3 Å². The summed E-state index contributed by atoms with van der Waals surface area (Å²) in [7, 11) is 0. The lowest BCUT2D eigenvalue weighted by atomic mass is 9.88. The topological polar surface area (TPSA) is 45.0 Å². The van der Waals surface area contributed by atoms with Gasteiger partial charge in [-0.15, -0.1) is 0 Å². The number of fused-ring (bicyclic) bond motifs is 1. The molecule has 1 fully saturated rings. The maximum atomic E-state index is 9.12. The first-order valence-corrected chi connectivity index (χ1v) is 6.99. The van der Waals surface area contributed by atoms with Gasteiger partial charge in [0.1, 0.15) is 5.41 Å². The molecule has 3 rings (SSSR count). The maximum Gasteiger partial charge on any atom is 0.116 e. The van der Waals surface area contributed by atoms with Gasteiger partial charge in [-0.1, -0.05) is 42.5 Å². The largest absolute Gasteiger partial charge is 0.378 e. The molecule has 0 unspecified atom stereocenters. The van der Waals surface area contributed by atoms with Gasteiger partial charge in [0, 0.05) is 6.54 Å². The zero-order chi connectivity index (χ0) is 13.8. The van der Waals surface area contributed by atoms with Crippen LogP contribution in [0.2, 0.25) is 0 Å². The fraction of sp³-hybridized carbons (Fsp3) is 0.353. The second-order valence-corrected chi connectivity index (χ2v) is 5.45. The van der Waals surface area contributed by atoms with Crippen LogP contribution in [-0.2, 0) is 11.2 Å². The van der Waals surface area contributed by atoms with Crippen LogP contribution >= 0.6 is 0 Å². The Morgan fingerprint density at radius 2 is 1.95 bits per heavy atom. The fourth-order valence-corrected chi connectivity index (χ4v) is 2.62. The fourth-order valence-electron chi connectivity index (χ4n) is 2.62. The van der Waals surface area contributed by atoms with Gasteiger partial charge in [-0.3, -0.25) is 0 Å². The van der Waals surface area contributed by atoms with Crippen LogP contribution in [0.15, 0.2) is 42.5 Å². The van der Waals surface area contributed by atoms with Crippen LogP contribution in [0, 0.1) is 16.7 Å². The number of rotatable bonds is 5. The summed E-state index contributed by atoms with van der Waals surface area (Å²) in [5.74, 6) is 0. The van der Waals surface area contributed by atoms with Crippen molar-refractivity contribution in [2.24, 2.45) is 5.41 Å². The van der Waals surface area contributed by atoms with E-state index in [2.05, 4.69) is 53.9 Å². The third kappa shape index (κ3) is 2.53. The molecule has 0 spiro atoms. The molecule has 0 radical (unpaired) electrons. The Balaban J connectivity index is 1.59. The number of hydrogen-bond acceptors (Lipinski definition) is 3. The Labute approximate surface area is 119 Å². The Morgan fingerprint density at radius 3 is 2.70 bits per heavy atom. The minimum absolute atomic E-state index is 0.293. The van der Waals surface area contributed by atoms with Crippen LogP contribution in [0.5, 0.6) is 0 Å². The molecule has 1 saturated heterocycles. The van der Waals surface area contributed by atoms with Gasteiger partial charge in [0.25, 0.3) is 0 Å². The molecule has 3 nitrogen and oxygen atoms in total. The predicted molar refractivity (Wildman–Crippen MR) is 79.4 cm³/mol. The molecule has 1 aliphatic rings. The molecule has 1 heterocycles. The van der Waals surface area contributed by atoms with Gasteiger partial charge in [-0.25, -0.2) is 0 Å². The van der Waals surface area contributed by atoms with E-state index in [9.17, 15) is 0 Å². The quantitative estimate of drug-likeness (QED) is 0.846. The number of ether oxygens (including phenoxy) is 1. The van der Waals surface area contributed by atoms with Crippen molar-refractivity contribution in [3.63, 3.8) is 0 Å². The normalized spacial score (nSPS) is 16.6. The van der Waals surface area contributed by atoms with Crippen molar-refractivity contribution in [3.8, 4) is 6.07 Å². The van der Waals surface area contributed by atoms with Crippen LogP contribution in [0.4, 0.5) is 0 Å². The average Bonchev–Trinajstić information content (AvgIpc) is 2.46. The summed E-state index contributed by atoms with van der Waals surface area (Å²) in [5, 5.41) is 15.1. The van der Waals surface area contributed by atoms with E-state index in [-0.39, 0.29) is 5.41 Å². The molecular formula is C17H18N2O. The monoisotopic (exact) mass is 266 g/mol. The molecule has 1 aliphatic heterocycles. The zero-order valence-electron chi connectivity index (χ0n) is 11.4. The van der Waals surface area contributed by atoms with Crippen LogP contribution in [-0.4, -0.2) is 26.3 Å². The van der Waals surface area contributed by atoms with Crippen molar-refractivity contribution in [1.82, 2.24) is 5.32 Å². The van der Waals surface area contributed by atoms with E-state index in [1.54, 1.807) is 0 Å². The minimum Gasteiger partial charge on any atom is -0.378 e. The van der Waals surface area contributed by atoms with Gasteiger partial charge in [-0.05, 0) is 29.3 Å². The summed E-state index contributed by atoms with van der Waals surface area (Å²) >= 11 is 0. The van der Waals surface area contributed by atoms with E-state index < -0.39 is 0 Å². The summed E-state index contributed by atoms with van der Waals surface area (Å²) in [6.07, 6.45) is 0.976. The van der Waals surface area contributed by atoms with E-state index in [1.807, 2.05) is 0 Å². The second-order valence-electron chi connectivity index (χ2n) is 5.45. The minimum atomic E-state index is -0.293. The van der Waals surface area contributed by atoms with Crippen molar-refractivity contribution in [3.05, 3.63) is 48.0 Å². The molecule has 0 saturated carbocycles. The number of nitrogens with one attached hydrogen (secondary N) is 1. The van der Waals surface area contributed by atoms with Crippen LogP contribution < -0.4 is 5.32 Å².